The highest BCUT2D eigenvalue weighted by molar-refractivity contribution is 5.78. The molecule has 1 aliphatic carbocycles. The molecule has 4 nitrogen and oxygen atoms in total. The topological polar surface area (TPSA) is 36.4 Å². The molecule has 0 saturated carbocycles. The van der Waals surface area contributed by atoms with E-state index in [0.29, 0.717) is 12.5 Å². The number of nitrogens with zero attached hydrogens (tertiary/aromatic N) is 3. The molecule has 148 valence electrons. The first kappa shape index (κ1) is 19.2. The van der Waals surface area contributed by atoms with Crippen molar-refractivity contribution < 1.29 is 4.79 Å². The predicted molar refractivity (Wildman–Crippen MR) is 117 cm³/mol. The summed E-state index contributed by atoms with van der Waals surface area (Å²) < 4.78 is 0. The molecule has 0 radical (unpaired) electrons. The van der Waals surface area contributed by atoms with Crippen molar-refractivity contribution in [1.29, 1.82) is 0 Å². The van der Waals surface area contributed by atoms with E-state index in [1.165, 1.54) is 24.0 Å². The number of carbonyl (C=O) groups is 1. The first-order valence-corrected chi connectivity index (χ1v) is 10.3. The Morgan fingerprint density at radius 2 is 1.76 bits per heavy atom. The summed E-state index contributed by atoms with van der Waals surface area (Å²) in [6, 6.07) is 22.7. The minimum absolute atomic E-state index is 0.0294. The number of hydrazine groups is 1. The van der Waals surface area contributed by atoms with E-state index in [0.717, 1.165) is 24.2 Å². The average molecular weight is 386 g/mol. The van der Waals surface area contributed by atoms with Gasteiger partial charge < -0.3 is 0 Å². The number of aromatic nitrogens is 1. The highest BCUT2D eigenvalue weighted by Gasteiger charge is 2.25. The second-order valence-corrected chi connectivity index (χ2v) is 7.58. The molecular weight excluding hydrogens is 358 g/mol. The van der Waals surface area contributed by atoms with Crippen molar-refractivity contribution in [1.82, 2.24) is 9.99 Å². The highest BCUT2D eigenvalue weighted by Crippen LogP contribution is 2.35. The van der Waals surface area contributed by atoms with Crippen LogP contribution in [0.3, 0.4) is 0 Å². The lowest BCUT2D eigenvalue weighted by Gasteiger charge is -2.37. The van der Waals surface area contributed by atoms with Crippen LogP contribution in [0.1, 0.15) is 43.2 Å². The fourth-order valence-electron chi connectivity index (χ4n) is 4.31. The van der Waals surface area contributed by atoms with Crippen LogP contribution in [0.15, 0.2) is 79.1 Å². The molecule has 0 aliphatic heterocycles. The Morgan fingerprint density at radius 3 is 2.52 bits per heavy atom. The second kappa shape index (κ2) is 8.91. The SMILES string of the molecule is CC(=O)N(CCC1CCCc2ccccc21)N(c1ccccc1)c1cccnc1. The lowest BCUT2D eigenvalue weighted by molar-refractivity contribution is -0.129. The molecule has 0 fully saturated rings. The minimum Gasteiger partial charge on any atom is -0.273 e. The molecule has 1 atom stereocenters. The summed E-state index contributed by atoms with van der Waals surface area (Å²) in [5, 5.41) is 3.84. The third-order valence-electron chi connectivity index (χ3n) is 5.68. The first-order valence-electron chi connectivity index (χ1n) is 10.3. The van der Waals surface area contributed by atoms with Crippen LogP contribution in [0.25, 0.3) is 0 Å². The molecule has 1 aromatic heterocycles. The maximum Gasteiger partial charge on any atom is 0.238 e. The summed E-state index contributed by atoms with van der Waals surface area (Å²) in [6.07, 6.45) is 8.06. The van der Waals surface area contributed by atoms with Crippen LogP contribution in [0.2, 0.25) is 0 Å². The Morgan fingerprint density at radius 1 is 1.00 bits per heavy atom. The van der Waals surface area contributed by atoms with Crippen LogP contribution < -0.4 is 5.01 Å². The number of amides is 1. The van der Waals surface area contributed by atoms with Crippen molar-refractivity contribution in [3.63, 3.8) is 0 Å². The summed E-state index contributed by atoms with van der Waals surface area (Å²) in [5.41, 5.74) is 4.76. The van der Waals surface area contributed by atoms with Gasteiger partial charge in [-0.2, -0.15) is 0 Å². The Hall–Kier alpha value is -3.14. The minimum atomic E-state index is 0.0294. The quantitative estimate of drug-likeness (QED) is 0.526. The van der Waals surface area contributed by atoms with Crippen LogP contribution in [0, 0.1) is 0 Å². The fraction of sp³-hybridized carbons (Fsp3) is 0.280. The van der Waals surface area contributed by atoms with Gasteiger partial charge in [-0.1, -0.05) is 42.5 Å². The van der Waals surface area contributed by atoms with Gasteiger partial charge >= 0.3 is 0 Å². The molecule has 4 heteroatoms. The van der Waals surface area contributed by atoms with Gasteiger partial charge in [-0.3, -0.25) is 9.78 Å². The Labute approximate surface area is 172 Å². The molecule has 0 N–H and O–H groups in total. The number of anilines is 2. The van der Waals surface area contributed by atoms with Gasteiger partial charge in [0.15, 0.2) is 0 Å². The molecule has 1 heterocycles. The standard InChI is InChI=1S/C25H27N3O/c1-20(29)27(18-16-22-11-7-10-21-9-5-6-15-25(21)22)28(23-12-3-2-4-13-23)24-14-8-17-26-19-24/h2-6,8-9,12-15,17,19,22H,7,10-11,16,18H2,1H3. The maximum atomic E-state index is 12.7. The Balaban J connectivity index is 1.61. The Bertz CT molecular complexity index is 903. The average Bonchev–Trinajstić information content (AvgIpc) is 2.77. The molecule has 1 amide bonds. The summed E-state index contributed by atoms with van der Waals surface area (Å²) in [7, 11) is 0. The molecule has 2 aromatic carbocycles. The molecule has 4 rings (SSSR count). The Kier molecular flexibility index (Phi) is 5.89. The predicted octanol–water partition coefficient (Wildman–Crippen LogP) is 5.49. The van der Waals surface area contributed by atoms with Gasteiger partial charge in [0.25, 0.3) is 0 Å². The fourth-order valence-corrected chi connectivity index (χ4v) is 4.31. The third kappa shape index (κ3) is 4.32. The maximum absolute atomic E-state index is 12.7. The van der Waals surface area contributed by atoms with Gasteiger partial charge in [0.2, 0.25) is 5.91 Å². The van der Waals surface area contributed by atoms with E-state index in [1.807, 2.05) is 52.5 Å². The van der Waals surface area contributed by atoms with Crippen LogP contribution in [0.5, 0.6) is 0 Å². The van der Waals surface area contributed by atoms with Crippen molar-refractivity contribution >= 4 is 17.3 Å². The van der Waals surface area contributed by atoms with Crippen LogP contribution >= 0.6 is 0 Å². The molecule has 1 unspecified atom stereocenters. The number of benzene rings is 2. The van der Waals surface area contributed by atoms with Crippen molar-refractivity contribution in [3.05, 3.63) is 90.3 Å². The summed E-state index contributed by atoms with van der Waals surface area (Å²) in [6.45, 7) is 2.30. The molecule has 0 bridgehead atoms. The van der Waals surface area contributed by atoms with Crippen LogP contribution in [0.4, 0.5) is 11.4 Å². The van der Waals surface area contributed by atoms with Crippen molar-refractivity contribution in [2.45, 2.75) is 38.5 Å². The molecule has 0 saturated heterocycles. The number of pyridine rings is 1. The van der Waals surface area contributed by atoms with Crippen molar-refractivity contribution in [2.75, 3.05) is 11.6 Å². The van der Waals surface area contributed by atoms with E-state index < -0.39 is 0 Å². The number of rotatable bonds is 6. The first-order chi connectivity index (χ1) is 14.2. The molecule has 29 heavy (non-hydrogen) atoms. The van der Waals surface area contributed by atoms with E-state index in [9.17, 15) is 4.79 Å². The van der Waals surface area contributed by atoms with E-state index >= 15 is 0 Å². The number of fused-ring (bicyclic) bond motifs is 1. The molecular formula is C25H27N3O. The van der Waals surface area contributed by atoms with E-state index in [1.54, 1.807) is 19.3 Å². The van der Waals surface area contributed by atoms with Crippen molar-refractivity contribution in [2.24, 2.45) is 0 Å². The van der Waals surface area contributed by atoms with Gasteiger partial charge in [0.05, 0.1) is 17.6 Å². The molecule has 3 aromatic rings. The lowest BCUT2D eigenvalue weighted by atomic mass is 9.81. The zero-order valence-electron chi connectivity index (χ0n) is 16.9. The normalized spacial score (nSPS) is 15.4. The van der Waals surface area contributed by atoms with Gasteiger partial charge in [0, 0.05) is 19.7 Å². The zero-order valence-corrected chi connectivity index (χ0v) is 16.9. The largest absolute Gasteiger partial charge is 0.273 e. The van der Waals surface area contributed by atoms with Gasteiger partial charge in [-0.05, 0) is 67.0 Å². The monoisotopic (exact) mass is 385 g/mol. The highest BCUT2D eigenvalue weighted by atomic mass is 16.2. The number of hydrogen-bond donors (Lipinski definition) is 0. The third-order valence-corrected chi connectivity index (χ3v) is 5.68. The summed E-state index contributed by atoms with van der Waals surface area (Å²) in [5.74, 6) is 0.523. The van der Waals surface area contributed by atoms with Gasteiger partial charge in [-0.15, -0.1) is 0 Å². The van der Waals surface area contributed by atoms with E-state index in [4.69, 9.17) is 0 Å². The zero-order chi connectivity index (χ0) is 20.1. The lowest BCUT2D eigenvalue weighted by Crippen LogP contribution is -2.44. The number of aryl methyl sites for hydroxylation is 1. The number of para-hydroxylation sites is 1. The van der Waals surface area contributed by atoms with E-state index in [2.05, 4.69) is 29.2 Å². The smallest absolute Gasteiger partial charge is 0.238 e. The molecule has 1 aliphatic rings. The van der Waals surface area contributed by atoms with Gasteiger partial charge in [0.1, 0.15) is 0 Å². The van der Waals surface area contributed by atoms with Crippen LogP contribution in [-0.4, -0.2) is 22.4 Å². The second-order valence-electron chi connectivity index (χ2n) is 7.58. The van der Waals surface area contributed by atoms with E-state index in [-0.39, 0.29) is 5.91 Å². The number of hydrogen-bond acceptors (Lipinski definition) is 3. The number of carbonyl (C=O) groups excluding carboxylic acids is 1. The van der Waals surface area contributed by atoms with Gasteiger partial charge in [-0.25, -0.2) is 10.0 Å². The summed E-state index contributed by atoms with van der Waals surface area (Å²) >= 11 is 0. The summed E-state index contributed by atoms with van der Waals surface area (Å²) in [4.78, 5) is 17.0. The van der Waals surface area contributed by atoms with Crippen molar-refractivity contribution in [3.8, 4) is 0 Å². The van der Waals surface area contributed by atoms with Crippen LogP contribution in [-0.2, 0) is 11.2 Å². The molecule has 0 spiro atoms.